The van der Waals surface area contributed by atoms with Gasteiger partial charge in [-0.3, -0.25) is 4.98 Å². The van der Waals surface area contributed by atoms with Gasteiger partial charge < -0.3 is 15.4 Å². The van der Waals surface area contributed by atoms with Gasteiger partial charge in [0.15, 0.2) is 0 Å². The minimum atomic E-state index is 0.547. The molecular weight excluding hydrogens is 314 g/mol. The number of nitrogens with one attached hydrogen (secondary N) is 2. The fraction of sp³-hybridized carbons (Fsp3) is 0.211. The molecule has 128 valence electrons. The van der Waals surface area contributed by atoms with E-state index in [2.05, 4.69) is 37.7 Å². The Bertz CT molecular complexity index is 806. The van der Waals surface area contributed by atoms with Crippen LogP contribution in [0.5, 0.6) is 5.75 Å². The fourth-order valence-electron chi connectivity index (χ4n) is 2.36. The molecule has 3 rings (SSSR count). The third kappa shape index (κ3) is 4.67. The molecule has 3 aromatic rings. The summed E-state index contributed by atoms with van der Waals surface area (Å²) in [5.74, 6) is 2.25. The van der Waals surface area contributed by atoms with E-state index in [-0.39, 0.29) is 0 Å². The lowest BCUT2D eigenvalue weighted by atomic mass is 10.1. The lowest BCUT2D eigenvalue weighted by Crippen LogP contribution is -2.09. The Hall–Kier alpha value is -3.15. The third-order valence-electron chi connectivity index (χ3n) is 3.75. The van der Waals surface area contributed by atoms with Crippen LogP contribution in [0.3, 0.4) is 0 Å². The highest BCUT2D eigenvalue weighted by molar-refractivity contribution is 5.54. The van der Waals surface area contributed by atoms with Crippen LogP contribution in [0, 0.1) is 6.92 Å². The molecule has 0 bridgehead atoms. The summed E-state index contributed by atoms with van der Waals surface area (Å²) in [6, 6.07) is 11.9. The van der Waals surface area contributed by atoms with Crippen LogP contribution in [-0.2, 0) is 6.42 Å². The van der Waals surface area contributed by atoms with Gasteiger partial charge in [-0.05, 0) is 43.2 Å². The van der Waals surface area contributed by atoms with E-state index in [0.717, 1.165) is 35.8 Å². The first kappa shape index (κ1) is 16.7. The second-order valence-electron chi connectivity index (χ2n) is 5.62. The van der Waals surface area contributed by atoms with Crippen molar-refractivity contribution in [2.75, 3.05) is 24.3 Å². The number of benzene rings is 1. The van der Waals surface area contributed by atoms with E-state index in [0.29, 0.717) is 5.95 Å². The standard InChI is InChI=1S/C19H21N5O/c1-14-12-22-19(23-16-4-3-10-20-13-16)24-18(14)21-11-9-15-5-7-17(25-2)8-6-15/h3-8,10,12-13H,9,11H2,1-2H3,(H2,21,22,23,24). The van der Waals surface area contributed by atoms with Crippen LogP contribution in [0.4, 0.5) is 17.5 Å². The van der Waals surface area contributed by atoms with Crippen molar-refractivity contribution >= 4 is 17.5 Å². The zero-order valence-corrected chi connectivity index (χ0v) is 14.4. The summed E-state index contributed by atoms with van der Waals surface area (Å²) in [5, 5.41) is 6.53. The number of rotatable bonds is 7. The minimum absolute atomic E-state index is 0.547. The molecule has 0 aliphatic heterocycles. The molecule has 25 heavy (non-hydrogen) atoms. The van der Waals surface area contributed by atoms with Gasteiger partial charge in [-0.25, -0.2) is 4.98 Å². The number of aromatic nitrogens is 3. The average molecular weight is 335 g/mol. The van der Waals surface area contributed by atoms with Crippen LogP contribution < -0.4 is 15.4 Å². The van der Waals surface area contributed by atoms with Crippen molar-refractivity contribution in [3.05, 3.63) is 66.1 Å². The fourth-order valence-corrected chi connectivity index (χ4v) is 2.36. The van der Waals surface area contributed by atoms with E-state index in [1.807, 2.05) is 31.2 Å². The van der Waals surface area contributed by atoms with Crippen molar-refractivity contribution in [2.24, 2.45) is 0 Å². The monoisotopic (exact) mass is 335 g/mol. The predicted octanol–water partition coefficient (Wildman–Crippen LogP) is 3.59. The second-order valence-corrected chi connectivity index (χ2v) is 5.62. The maximum absolute atomic E-state index is 5.18. The molecule has 0 aliphatic rings. The summed E-state index contributed by atoms with van der Waals surface area (Å²) in [7, 11) is 1.67. The zero-order chi connectivity index (χ0) is 17.5. The first-order valence-corrected chi connectivity index (χ1v) is 8.12. The highest BCUT2D eigenvalue weighted by Crippen LogP contribution is 2.17. The number of ether oxygens (including phenoxy) is 1. The lowest BCUT2D eigenvalue weighted by molar-refractivity contribution is 0.414. The summed E-state index contributed by atoms with van der Waals surface area (Å²) in [5.41, 5.74) is 3.11. The van der Waals surface area contributed by atoms with Crippen molar-refractivity contribution in [1.82, 2.24) is 15.0 Å². The van der Waals surface area contributed by atoms with Gasteiger partial charge in [-0.2, -0.15) is 4.98 Å². The number of aryl methyl sites for hydroxylation is 1. The molecular formula is C19H21N5O. The van der Waals surface area contributed by atoms with Crippen molar-refractivity contribution in [3.63, 3.8) is 0 Å². The van der Waals surface area contributed by atoms with Gasteiger partial charge in [0.25, 0.3) is 0 Å². The Morgan fingerprint density at radius 2 is 1.92 bits per heavy atom. The average Bonchev–Trinajstić information content (AvgIpc) is 2.66. The van der Waals surface area contributed by atoms with Gasteiger partial charge in [-0.1, -0.05) is 12.1 Å². The molecule has 6 heteroatoms. The minimum Gasteiger partial charge on any atom is -0.497 e. The topological polar surface area (TPSA) is 72.0 Å². The van der Waals surface area contributed by atoms with E-state index in [1.165, 1.54) is 5.56 Å². The maximum Gasteiger partial charge on any atom is 0.229 e. The number of hydrogen-bond acceptors (Lipinski definition) is 6. The van der Waals surface area contributed by atoms with Gasteiger partial charge in [-0.15, -0.1) is 0 Å². The number of anilines is 3. The number of methoxy groups -OCH3 is 1. The molecule has 0 amide bonds. The summed E-state index contributed by atoms with van der Waals surface area (Å²) in [6.07, 6.45) is 6.17. The van der Waals surface area contributed by atoms with Crippen LogP contribution >= 0.6 is 0 Å². The largest absolute Gasteiger partial charge is 0.497 e. The van der Waals surface area contributed by atoms with Crippen LogP contribution in [0.1, 0.15) is 11.1 Å². The van der Waals surface area contributed by atoms with Crippen LogP contribution in [0.25, 0.3) is 0 Å². The number of nitrogens with zero attached hydrogens (tertiary/aromatic N) is 3. The molecule has 0 saturated carbocycles. The lowest BCUT2D eigenvalue weighted by Gasteiger charge is -2.11. The van der Waals surface area contributed by atoms with Gasteiger partial charge in [0.1, 0.15) is 11.6 Å². The first-order valence-electron chi connectivity index (χ1n) is 8.12. The highest BCUT2D eigenvalue weighted by Gasteiger charge is 2.04. The molecule has 0 aliphatic carbocycles. The Labute approximate surface area is 147 Å². The van der Waals surface area contributed by atoms with Gasteiger partial charge in [0.05, 0.1) is 19.0 Å². The third-order valence-corrected chi connectivity index (χ3v) is 3.75. The molecule has 0 atom stereocenters. The van der Waals surface area contributed by atoms with Crippen molar-refractivity contribution in [2.45, 2.75) is 13.3 Å². The van der Waals surface area contributed by atoms with E-state index in [1.54, 1.807) is 25.7 Å². The van der Waals surface area contributed by atoms with E-state index < -0.39 is 0 Å². The summed E-state index contributed by atoms with van der Waals surface area (Å²) in [6.45, 7) is 2.78. The van der Waals surface area contributed by atoms with Crippen LogP contribution in [-0.4, -0.2) is 28.6 Å². The smallest absolute Gasteiger partial charge is 0.229 e. The summed E-state index contributed by atoms with van der Waals surface area (Å²) < 4.78 is 5.18. The van der Waals surface area contributed by atoms with E-state index in [9.17, 15) is 0 Å². The molecule has 6 nitrogen and oxygen atoms in total. The Morgan fingerprint density at radius 1 is 1.08 bits per heavy atom. The highest BCUT2D eigenvalue weighted by atomic mass is 16.5. The second kappa shape index (κ2) is 8.10. The summed E-state index contributed by atoms with van der Waals surface area (Å²) >= 11 is 0. The normalized spacial score (nSPS) is 10.3. The summed E-state index contributed by atoms with van der Waals surface area (Å²) in [4.78, 5) is 12.9. The zero-order valence-electron chi connectivity index (χ0n) is 14.4. The SMILES string of the molecule is COc1ccc(CCNc2nc(Nc3cccnc3)ncc2C)cc1. The van der Waals surface area contributed by atoms with E-state index in [4.69, 9.17) is 4.74 Å². The molecule has 0 spiro atoms. The molecule has 2 N–H and O–H groups in total. The predicted molar refractivity (Wildman–Crippen MR) is 99.5 cm³/mol. The quantitative estimate of drug-likeness (QED) is 0.687. The van der Waals surface area contributed by atoms with E-state index >= 15 is 0 Å². The number of pyridine rings is 1. The molecule has 2 aromatic heterocycles. The van der Waals surface area contributed by atoms with Crippen molar-refractivity contribution < 1.29 is 4.74 Å². The molecule has 2 heterocycles. The van der Waals surface area contributed by atoms with Gasteiger partial charge in [0.2, 0.25) is 5.95 Å². The maximum atomic E-state index is 5.18. The molecule has 0 unspecified atom stereocenters. The molecule has 0 radical (unpaired) electrons. The number of hydrogen-bond donors (Lipinski definition) is 2. The van der Waals surface area contributed by atoms with Gasteiger partial charge in [0, 0.05) is 24.5 Å². The van der Waals surface area contributed by atoms with Crippen LogP contribution in [0.15, 0.2) is 55.0 Å². The van der Waals surface area contributed by atoms with Crippen molar-refractivity contribution in [3.8, 4) is 5.75 Å². The Balaban J connectivity index is 1.60. The van der Waals surface area contributed by atoms with Crippen LogP contribution in [0.2, 0.25) is 0 Å². The van der Waals surface area contributed by atoms with Crippen molar-refractivity contribution in [1.29, 1.82) is 0 Å². The Morgan fingerprint density at radius 3 is 2.64 bits per heavy atom. The molecule has 0 saturated heterocycles. The molecule has 0 fully saturated rings. The Kier molecular flexibility index (Phi) is 5.41. The van der Waals surface area contributed by atoms with Gasteiger partial charge >= 0.3 is 0 Å². The first-order chi connectivity index (χ1) is 12.2. The molecule has 1 aromatic carbocycles.